The van der Waals surface area contributed by atoms with Crippen LogP contribution in [0.15, 0.2) is 41.2 Å². The molecule has 0 spiro atoms. The van der Waals surface area contributed by atoms with Crippen LogP contribution in [0.1, 0.15) is 23.9 Å². The number of nitrogen functional groups attached to an aromatic ring is 1. The van der Waals surface area contributed by atoms with E-state index in [0.717, 1.165) is 29.1 Å². The van der Waals surface area contributed by atoms with Crippen LogP contribution >= 0.6 is 0 Å². The highest BCUT2D eigenvalue weighted by atomic mass is 16.5. The minimum atomic E-state index is 0.355. The molecule has 0 aliphatic rings. The molecule has 3 rings (SSSR count). The molecule has 0 aliphatic carbocycles. The first-order valence-corrected chi connectivity index (χ1v) is 7.04. The lowest BCUT2D eigenvalue weighted by atomic mass is 10.2. The number of hydrogen-bond acceptors (Lipinski definition) is 6. The van der Waals surface area contributed by atoms with Crippen LogP contribution in [-0.4, -0.2) is 20.2 Å². The van der Waals surface area contributed by atoms with Crippen molar-refractivity contribution in [2.24, 2.45) is 0 Å². The minimum absolute atomic E-state index is 0.355. The summed E-state index contributed by atoms with van der Waals surface area (Å²) in [7, 11) is 0. The molecule has 1 aromatic carbocycles. The van der Waals surface area contributed by atoms with Gasteiger partial charge < -0.3 is 15.0 Å². The molecular formula is C15H17N5O2. The van der Waals surface area contributed by atoms with Crippen molar-refractivity contribution in [1.82, 2.24) is 20.2 Å². The summed E-state index contributed by atoms with van der Waals surface area (Å²) < 4.78 is 12.4. The normalized spacial score (nSPS) is 10.8. The zero-order valence-electron chi connectivity index (χ0n) is 12.3. The molecule has 0 fully saturated rings. The summed E-state index contributed by atoms with van der Waals surface area (Å²) in [6.45, 7) is 2.98. The van der Waals surface area contributed by atoms with Crippen LogP contribution in [0.2, 0.25) is 0 Å². The number of anilines is 1. The van der Waals surface area contributed by atoms with Gasteiger partial charge in [-0.15, -0.1) is 5.10 Å². The number of aryl methyl sites for hydroxylation is 1. The molecule has 3 aromatic rings. The maximum Gasteiger partial charge on any atom is 0.134 e. The van der Waals surface area contributed by atoms with Gasteiger partial charge in [0, 0.05) is 11.3 Å². The van der Waals surface area contributed by atoms with E-state index in [-0.39, 0.29) is 0 Å². The predicted octanol–water partition coefficient (Wildman–Crippen LogP) is 2.04. The molecule has 2 aromatic heterocycles. The van der Waals surface area contributed by atoms with E-state index in [1.165, 1.54) is 0 Å². The second-order valence-corrected chi connectivity index (χ2v) is 4.91. The average Bonchev–Trinajstić information content (AvgIpc) is 3.16. The fraction of sp³-hybridized carbons (Fsp3) is 0.267. The van der Waals surface area contributed by atoms with Gasteiger partial charge in [-0.05, 0) is 30.7 Å². The highest BCUT2D eigenvalue weighted by Crippen LogP contribution is 2.14. The minimum Gasteiger partial charge on any atom is -0.487 e. The third kappa shape index (κ3) is 3.25. The van der Waals surface area contributed by atoms with Crippen molar-refractivity contribution < 1.29 is 9.26 Å². The van der Waals surface area contributed by atoms with Crippen LogP contribution in [0.25, 0.3) is 0 Å². The Hall–Kier alpha value is -2.83. The van der Waals surface area contributed by atoms with Gasteiger partial charge in [0.25, 0.3) is 0 Å². The molecule has 2 heterocycles. The van der Waals surface area contributed by atoms with E-state index >= 15 is 0 Å². The quantitative estimate of drug-likeness (QED) is 0.700. The van der Waals surface area contributed by atoms with E-state index in [0.29, 0.717) is 18.8 Å². The van der Waals surface area contributed by atoms with E-state index in [4.69, 9.17) is 15.0 Å². The van der Waals surface area contributed by atoms with Crippen molar-refractivity contribution in [3.8, 4) is 5.75 Å². The zero-order chi connectivity index (χ0) is 15.4. The van der Waals surface area contributed by atoms with Crippen molar-refractivity contribution in [3.63, 3.8) is 0 Å². The molecule has 0 unspecified atom stereocenters. The monoisotopic (exact) mass is 299 g/mol. The molecular weight excluding hydrogens is 282 g/mol. The Balaban J connectivity index is 1.60. The Morgan fingerprint density at radius 1 is 1.27 bits per heavy atom. The van der Waals surface area contributed by atoms with E-state index in [9.17, 15) is 0 Å². The van der Waals surface area contributed by atoms with Crippen molar-refractivity contribution in [2.75, 3.05) is 5.73 Å². The lowest BCUT2D eigenvalue weighted by Crippen LogP contribution is -2.02. The zero-order valence-corrected chi connectivity index (χ0v) is 12.3. The van der Waals surface area contributed by atoms with Gasteiger partial charge in [-0.2, -0.15) is 0 Å². The van der Waals surface area contributed by atoms with Gasteiger partial charge >= 0.3 is 0 Å². The Morgan fingerprint density at radius 2 is 2.09 bits per heavy atom. The molecule has 0 aliphatic heterocycles. The number of nitrogens with two attached hydrogens (primary N) is 1. The SMILES string of the molecule is CCc1nocc1Cn1cc(COc2ccc(N)cc2)nn1. The molecule has 0 radical (unpaired) electrons. The third-order valence-electron chi connectivity index (χ3n) is 3.25. The molecule has 7 heteroatoms. The number of hydrogen-bond donors (Lipinski definition) is 1. The lowest BCUT2D eigenvalue weighted by molar-refractivity contribution is 0.301. The molecule has 0 atom stereocenters. The van der Waals surface area contributed by atoms with Gasteiger partial charge in [-0.1, -0.05) is 17.3 Å². The summed E-state index contributed by atoms with van der Waals surface area (Å²) >= 11 is 0. The topological polar surface area (TPSA) is 92.0 Å². The molecule has 0 bridgehead atoms. The number of benzene rings is 1. The summed E-state index contributed by atoms with van der Waals surface area (Å²) in [4.78, 5) is 0. The first-order chi connectivity index (χ1) is 10.7. The summed E-state index contributed by atoms with van der Waals surface area (Å²) in [5.74, 6) is 0.746. The molecule has 7 nitrogen and oxygen atoms in total. The van der Waals surface area contributed by atoms with Crippen LogP contribution in [0.4, 0.5) is 5.69 Å². The Bertz CT molecular complexity index is 732. The molecule has 114 valence electrons. The van der Waals surface area contributed by atoms with Crippen LogP contribution in [-0.2, 0) is 19.6 Å². The highest BCUT2D eigenvalue weighted by molar-refractivity contribution is 5.41. The molecule has 0 saturated heterocycles. The van der Waals surface area contributed by atoms with Gasteiger partial charge in [0.05, 0.1) is 18.4 Å². The maximum atomic E-state index is 5.64. The number of aromatic nitrogens is 4. The average molecular weight is 299 g/mol. The lowest BCUT2D eigenvalue weighted by Gasteiger charge is -2.03. The van der Waals surface area contributed by atoms with E-state index < -0.39 is 0 Å². The second-order valence-electron chi connectivity index (χ2n) is 4.91. The molecule has 0 saturated carbocycles. The standard InChI is InChI=1S/C15H17N5O2/c1-2-15-11(9-22-18-15)7-20-8-13(17-19-20)10-21-14-5-3-12(16)4-6-14/h3-6,8-9H,2,7,10,16H2,1H3. The highest BCUT2D eigenvalue weighted by Gasteiger charge is 2.08. The number of rotatable bonds is 6. The summed E-state index contributed by atoms with van der Waals surface area (Å²) in [6, 6.07) is 7.24. The molecule has 2 N–H and O–H groups in total. The van der Waals surface area contributed by atoms with Crippen LogP contribution in [0.5, 0.6) is 5.75 Å². The Morgan fingerprint density at radius 3 is 2.86 bits per heavy atom. The van der Waals surface area contributed by atoms with Crippen LogP contribution in [0.3, 0.4) is 0 Å². The second kappa shape index (κ2) is 6.30. The van der Waals surface area contributed by atoms with Gasteiger partial charge in [0.15, 0.2) is 0 Å². The van der Waals surface area contributed by atoms with Crippen molar-refractivity contribution >= 4 is 5.69 Å². The van der Waals surface area contributed by atoms with E-state index in [1.807, 2.05) is 25.3 Å². The summed E-state index contributed by atoms with van der Waals surface area (Å²) in [5.41, 5.74) is 9.05. The van der Waals surface area contributed by atoms with Crippen molar-refractivity contribution in [3.05, 3.63) is 53.7 Å². The van der Waals surface area contributed by atoms with Gasteiger partial charge in [0.2, 0.25) is 0 Å². The van der Waals surface area contributed by atoms with Crippen molar-refractivity contribution in [2.45, 2.75) is 26.5 Å². The fourth-order valence-corrected chi connectivity index (χ4v) is 2.08. The fourth-order valence-electron chi connectivity index (χ4n) is 2.08. The number of nitrogens with zero attached hydrogens (tertiary/aromatic N) is 4. The van der Waals surface area contributed by atoms with Crippen molar-refractivity contribution in [1.29, 1.82) is 0 Å². The smallest absolute Gasteiger partial charge is 0.134 e. The van der Waals surface area contributed by atoms with Gasteiger partial charge in [-0.3, -0.25) is 0 Å². The first kappa shape index (κ1) is 14.1. The third-order valence-corrected chi connectivity index (χ3v) is 3.25. The molecule has 0 amide bonds. The number of ether oxygens (including phenoxy) is 1. The predicted molar refractivity (Wildman–Crippen MR) is 80.2 cm³/mol. The Kier molecular flexibility index (Phi) is 4.04. The molecule has 22 heavy (non-hydrogen) atoms. The van der Waals surface area contributed by atoms with Crippen LogP contribution < -0.4 is 10.5 Å². The Labute approximate surface area is 127 Å². The van der Waals surface area contributed by atoms with E-state index in [1.54, 1.807) is 23.1 Å². The summed E-state index contributed by atoms with van der Waals surface area (Å²) in [5, 5.41) is 12.1. The largest absolute Gasteiger partial charge is 0.487 e. The van der Waals surface area contributed by atoms with Gasteiger partial charge in [0.1, 0.15) is 24.3 Å². The van der Waals surface area contributed by atoms with Crippen LogP contribution in [0, 0.1) is 0 Å². The van der Waals surface area contributed by atoms with Gasteiger partial charge in [-0.25, -0.2) is 4.68 Å². The summed E-state index contributed by atoms with van der Waals surface area (Å²) in [6.07, 6.45) is 4.32. The van der Waals surface area contributed by atoms with E-state index in [2.05, 4.69) is 15.5 Å². The first-order valence-electron chi connectivity index (χ1n) is 7.04. The maximum absolute atomic E-state index is 5.64.